The van der Waals surface area contributed by atoms with Crippen LogP contribution in [-0.2, 0) is 19.2 Å². The summed E-state index contributed by atoms with van der Waals surface area (Å²) in [5, 5.41) is 2.76. The van der Waals surface area contributed by atoms with Crippen LogP contribution in [0.15, 0.2) is 30.3 Å². The van der Waals surface area contributed by atoms with E-state index in [0.29, 0.717) is 12.8 Å². The minimum Gasteiger partial charge on any atom is -0.343 e. The second-order valence-corrected chi connectivity index (χ2v) is 7.59. The summed E-state index contributed by atoms with van der Waals surface area (Å²) in [4.78, 5) is 41.6. The highest BCUT2D eigenvalue weighted by Gasteiger charge is 2.42. The zero-order valence-corrected chi connectivity index (χ0v) is 17.0. The van der Waals surface area contributed by atoms with Gasteiger partial charge in [0.05, 0.1) is 18.1 Å². The first-order valence-corrected chi connectivity index (χ1v) is 9.27. The number of hydroxylamine groups is 2. The molecule has 2 unspecified atom stereocenters. The average Bonchev–Trinajstić information content (AvgIpc) is 2.62. The average molecular weight is 416 g/mol. The van der Waals surface area contributed by atoms with Gasteiger partial charge >= 0.3 is 6.18 Å². The molecule has 0 aromatic heterocycles. The highest BCUT2D eigenvalue weighted by molar-refractivity contribution is 6.38. The van der Waals surface area contributed by atoms with E-state index in [0.717, 1.165) is 5.56 Å². The summed E-state index contributed by atoms with van der Waals surface area (Å²) in [5.74, 6) is -2.60. The lowest BCUT2D eigenvalue weighted by Gasteiger charge is -2.32. The number of ketones is 1. The predicted octanol–water partition coefficient (Wildman–Crippen LogP) is 3.72. The van der Waals surface area contributed by atoms with Gasteiger partial charge in [-0.05, 0) is 32.8 Å². The number of nitrogens with zero attached hydrogens (tertiary/aromatic N) is 1. The fourth-order valence-corrected chi connectivity index (χ4v) is 2.67. The maximum absolute atomic E-state index is 13.0. The first-order valence-electron chi connectivity index (χ1n) is 9.27. The Morgan fingerprint density at radius 1 is 1.17 bits per heavy atom. The van der Waals surface area contributed by atoms with Crippen molar-refractivity contribution in [2.45, 2.75) is 70.8 Å². The lowest BCUT2D eigenvalue weighted by molar-refractivity contribution is -0.244. The second kappa shape index (κ2) is 10.4. The van der Waals surface area contributed by atoms with Crippen molar-refractivity contribution >= 4 is 18.1 Å². The van der Waals surface area contributed by atoms with Crippen LogP contribution in [0.3, 0.4) is 0 Å². The molecule has 0 saturated heterocycles. The molecule has 1 rings (SSSR count). The number of amides is 2. The zero-order chi connectivity index (χ0) is 22.2. The van der Waals surface area contributed by atoms with Gasteiger partial charge < -0.3 is 5.32 Å². The van der Waals surface area contributed by atoms with E-state index in [4.69, 9.17) is 4.84 Å². The molecular formula is C20H27F3N2O4. The minimum absolute atomic E-state index is 0.0203. The van der Waals surface area contributed by atoms with Crippen LogP contribution in [-0.4, -0.2) is 41.0 Å². The van der Waals surface area contributed by atoms with Gasteiger partial charge in [0.25, 0.3) is 5.91 Å². The van der Waals surface area contributed by atoms with Crippen LogP contribution < -0.4 is 5.32 Å². The van der Waals surface area contributed by atoms with E-state index >= 15 is 0 Å². The Balaban J connectivity index is 3.09. The first kappa shape index (κ1) is 24.6. The molecule has 6 nitrogen and oxygen atoms in total. The number of rotatable bonds is 10. The summed E-state index contributed by atoms with van der Waals surface area (Å²) in [6, 6.07) is 6.12. The fourth-order valence-electron chi connectivity index (χ4n) is 2.67. The van der Waals surface area contributed by atoms with Crippen molar-refractivity contribution in [3.8, 4) is 0 Å². The summed E-state index contributed by atoms with van der Waals surface area (Å²) in [6.45, 7) is 6.39. The summed E-state index contributed by atoms with van der Waals surface area (Å²) in [6.07, 6.45) is -5.34. The Labute approximate surface area is 168 Å². The number of halogens is 3. The van der Waals surface area contributed by atoms with Crippen molar-refractivity contribution in [2.75, 3.05) is 0 Å². The molecule has 0 heterocycles. The molecule has 9 heteroatoms. The lowest BCUT2D eigenvalue weighted by Crippen LogP contribution is -2.51. The molecule has 1 aromatic rings. The first-order chi connectivity index (χ1) is 13.4. The Kier molecular flexibility index (Phi) is 8.81. The van der Waals surface area contributed by atoms with Gasteiger partial charge in [-0.25, -0.2) is 5.06 Å². The predicted molar refractivity (Wildman–Crippen MR) is 100 cm³/mol. The van der Waals surface area contributed by atoms with Gasteiger partial charge in [-0.2, -0.15) is 13.2 Å². The standard InChI is InChI=1S/C20H27F3N2O4/c1-5-9-15(14-10-7-6-8-11-14)24-18(28)17(27)16(12-20(21,22)23)25(13-26)29-19(2,3)4/h6-8,10-11,13,15-16H,5,9,12H2,1-4H3,(H,24,28). The molecule has 0 aliphatic rings. The summed E-state index contributed by atoms with van der Waals surface area (Å²) in [7, 11) is 0. The van der Waals surface area contributed by atoms with Crippen molar-refractivity contribution in [1.82, 2.24) is 10.4 Å². The monoisotopic (exact) mass is 416 g/mol. The van der Waals surface area contributed by atoms with E-state index in [-0.39, 0.29) is 11.5 Å². The van der Waals surface area contributed by atoms with Gasteiger partial charge in [0, 0.05) is 0 Å². The van der Waals surface area contributed by atoms with Gasteiger partial charge in [0.1, 0.15) is 6.04 Å². The Bertz CT molecular complexity index is 687. The third-order valence-corrected chi connectivity index (χ3v) is 3.83. The van der Waals surface area contributed by atoms with Crippen molar-refractivity contribution in [3.05, 3.63) is 35.9 Å². The van der Waals surface area contributed by atoms with Crippen LogP contribution in [0.1, 0.15) is 58.6 Å². The number of alkyl halides is 3. The highest BCUT2D eigenvalue weighted by Crippen LogP contribution is 2.26. The van der Waals surface area contributed by atoms with Crippen LogP contribution >= 0.6 is 0 Å². The molecule has 0 aliphatic heterocycles. The number of Topliss-reactive ketones (excluding diaryl/α,β-unsaturated/α-hetero) is 1. The fraction of sp³-hybridized carbons (Fsp3) is 0.550. The van der Waals surface area contributed by atoms with Crippen molar-refractivity contribution in [3.63, 3.8) is 0 Å². The molecule has 1 aromatic carbocycles. The molecule has 0 aliphatic carbocycles. The van der Waals surface area contributed by atoms with Gasteiger partial charge in [-0.1, -0.05) is 43.7 Å². The number of nitrogens with one attached hydrogen (secondary N) is 1. The number of carbonyl (C=O) groups is 3. The van der Waals surface area contributed by atoms with Crippen LogP contribution in [0.25, 0.3) is 0 Å². The largest absolute Gasteiger partial charge is 0.391 e. The van der Waals surface area contributed by atoms with Crippen LogP contribution in [0.4, 0.5) is 13.2 Å². The molecule has 0 bridgehead atoms. The van der Waals surface area contributed by atoms with Gasteiger partial charge in [-0.3, -0.25) is 19.2 Å². The Morgan fingerprint density at radius 3 is 2.21 bits per heavy atom. The quantitative estimate of drug-likeness (QED) is 0.358. The molecule has 162 valence electrons. The van der Waals surface area contributed by atoms with Crippen molar-refractivity contribution in [1.29, 1.82) is 0 Å². The van der Waals surface area contributed by atoms with Crippen LogP contribution in [0, 0.1) is 0 Å². The molecule has 1 N–H and O–H groups in total. The van der Waals surface area contributed by atoms with Crippen LogP contribution in [0.2, 0.25) is 0 Å². The van der Waals surface area contributed by atoms with E-state index in [1.165, 1.54) is 20.8 Å². The lowest BCUT2D eigenvalue weighted by atomic mass is 10.0. The number of benzene rings is 1. The second-order valence-electron chi connectivity index (χ2n) is 7.59. The molecule has 2 atom stereocenters. The molecule has 29 heavy (non-hydrogen) atoms. The minimum atomic E-state index is -4.79. The Morgan fingerprint density at radius 2 is 1.76 bits per heavy atom. The normalized spacial score (nSPS) is 14.0. The Hall–Kier alpha value is -2.42. The smallest absolute Gasteiger partial charge is 0.343 e. The number of carbonyl (C=O) groups excluding carboxylic acids is 3. The maximum Gasteiger partial charge on any atom is 0.391 e. The summed E-state index contributed by atoms with van der Waals surface area (Å²) >= 11 is 0. The third-order valence-electron chi connectivity index (χ3n) is 3.83. The van der Waals surface area contributed by atoms with E-state index in [1.807, 2.05) is 6.92 Å². The number of hydrogen-bond donors (Lipinski definition) is 1. The van der Waals surface area contributed by atoms with Crippen LogP contribution in [0.5, 0.6) is 0 Å². The zero-order valence-electron chi connectivity index (χ0n) is 17.0. The SMILES string of the molecule is CCCC(NC(=O)C(=O)C(CC(F)(F)F)N(C=O)OC(C)(C)C)c1ccccc1. The molecule has 0 radical (unpaired) electrons. The van der Waals surface area contributed by atoms with E-state index in [1.54, 1.807) is 30.3 Å². The molecular weight excluding hydrogens is 389 g/mol. The molecule has 0 fully saturated rings. The maximum atomic E-state index is 13.0. The summed E-state index contributed by atoms with van der Waals surface area (Å²) in [5.41, 5.74) is -0.322. The van der Waals surface area contributed by atoms with Crippen molar-refractivity contribution in [2.24, 2.45) is 0 Å². The van der Waals surface area contributed by atoms with E-state index in [2.05, 4.69) is 5.32 Å². The molecule has 0 spiro atoms. The topological polar surface area (TPSA) is 75.7 Å². The van der Waals surface area contributed by atoms with Gasteiger partial charge in [0.2, 0.25) is 12.2 Å². The summed E-state index contributed by atoms with van der Waals surface area (Å²) < 4.78 is 39.1. The van der Waals surface area contributed by atoms with E-state index in [9.17, 15) is 27.6 Å². The van der Waals surface area contributed by atoms with Gasteiger partial charge in [-0.15, -0.1) is 0 Å². The molecule has 2 amide bonds. The molecule has 0 saturated carbocycles. The third kappa shape index (κ3) is 8.64. The highest BCUT2D eigenvalue weighted by atomic mass is 19.4. The van der Waals surface area contributed by atoms with Gasteiger partial charge in [0.15, 0.2) is 0 Å². The van der Waals surface area contributed by atoms with Crippen molar-refractivity contribution < 1.29 is 32.4 Å². The number of hydrogen-bond acceptors (Lipinski definition) is 4. The van der Waals surface area contributed by atoms with E-state index < -0.39 is 42.0 Å².